The van der Waals surface area contributed by atoms with E-state index in [1.165, 1.54) is 0 Å². The van der Waals surface area contributed by atoms with Gasteiger partial charge in [0.25, 0.3) is 5.91 Å². The average Bonchev–Trinajstić information content (AvgIpc) is 2.98. The molecule has 0 bridgehead atoms. The van der Waals surface area contributed by atoms with Crippen molar-refractivity contribution in [2.75, 3.05) is 19.6 Å². The third-order valence-corrected chi connectivity index (χ3v) is 4.96. The highest BCUT2D eigenvalue weighted by Crippen LogP contribution is 2.36. The second-order valence-electron chi connectivity index (χ2n) is 6.56. The molecular formula is C22H24N2O3. The van der Waals surface area contributed by atoms with E-state index in [1.807, 2.05) is 44.2 Å². The molecule has 0 spiro atoms. The summed E-state index contributed by atoms with van der Waals surface area (Å²) in [6.07, 6.45) is 1.01. The van der Waals surface area contributed by atoms with Crippen molar-refractivity contribution in [2.45, 2.75) is 26.7 Å². The molecule has 0 heterocycles. The first-order valence-corrected chi connectivity index (χ1v) is 9.41. The van der Waals surface area contributed by atoms with Crippen LogP contribution in [-0.4, -0.2) is 42.1 Å². The maximum atomic E-state index is 12.5. The van der Waals surface area contributed by atoms with Crippen LogP contribution in [0.3, 0.4) is 0 Å². The van der Waals surface area contributed by atoms with Crippen LogP contribution >= 0.6 is 0 Å². The number of carbonyl (C=O) groups excluding carboxylic acids is 3. The maximum Gasteiger partial charge on any atom is 0.251 e. The van der Waals surface area contributed by atoms with Gasteiger partial charge in [-0.1, -0.05) is 30.3 Å². The molecule has 1 N–H and O–H groups in total. The number of fused-ring (bicyclic) bond motifs is 3. The lowest BCUT2D eigenvalue weighted by molar-refractivity contribution is -0.130. The zero-order chi connectivity index (χ0) is 19.4. The lowest BCUT2D eigenvalue weighted by Crippen LogP contribution is -2.31. The van der Waals surface area contributed by atoms with E-state index in [9.17, 15) is 14.4 Å². The number of nitrogens with zero attached hydrogens (tertiary/aromatic N) is 1. The molecule has 2 aromatic carbocycles. The van der Waals surface area contributed by atoms with E-state index in [-0.39, 0.29) is 17.6 Å². The van der Waals surface area contributed by atoms with Gasteiger partial charge in [-0.25, -0.2) is 0 Å². The van der Waals surface area contributed by atoms with E-state index in [1.54, 1.807) is 17.0 Å². The van der Waals surface area contributed by atoms with Gasteiger partial charge in [-0.15, -0.1) is 0 Å². The fourth-order valence-electron chi connectivity index (χ4n) is 3.45. The summed E-state index contributed by atoms with van der Waals surface area (Å²) in [6, 6.07) is 12.7. The summed E-state index contributed by atoms with van der Waals surface area (Å²) < 4.78 is 0. The Bertz CT molecular complexity index is 885. The predicted molar refractivity (Wildman–Crippen MR) is 105 cm³/mol. The average molecular weight is 364 g/mol. The van der Waals surface area contributed by atoms with Crippen molar-refractivity contribution >= 4 is 17.6 Å². The Labute approximate surface area is 159 Å². The van der Waals surface area contributed by atoms with E-state index in [2.05, 4.69) is 5.32 Å². The highest BCUT2D eigenvalue weighted by atomic mass is 16.2. The van der Waals surface area contributed by atoms with Gasteiger partial charge in [0, 0.05) is 42.7 Å². The second kappa shape index (κ2) is 8.16. The standard InChI is InChI=1S/C22H24N2O3/c1-3-24(4-2)20(25)10-7-13-23-22(27)15-11-12-17-16-8-5-6-9-18(16)21(26)19(17)14-15/h5-6,8-9,11-12,14H,3-4,7,10,13H2,1-2H3,(H,23,27). The molecule has 0 fully saturated rings. The van der Waals surface area contributed by atoms with Crippen molar-refractivity contribution in [3.05, 3.63) is 59.2 Å². The maximum absolute atomic E-state index is 12.5. The van der Waals surface area contributed by atoms with Crippen LogP contribution in [0.4, 0.5) is 0 Å². The number of ketones is 1. The Balaban J connectivity index is 1.60. The van der Waals surface area contributed by atoms with Crippen LogP contribution in [0.1, 0.15) is 53.0 Å². The molecule has 27 heavy (non-hydrogen) atoms. The minimum Gasteiger partial charge on any atom is -0.352 e. The largest absolute Gasteiger partial charge is 0.352 e. The summed E-state index contributed by atoms with van der Waals surface area (Å²) in [5.74, 6) is -0.160. The van der Waals surface area contributed by atoms with Crippen molar-refractivity contribution in [3.8, 4) is 11.1 Å². The Morgan fingerprint density at radius 2 is 1.59 bits per heavy atom. The SMILES string of the molecule is CCN(CC)C(=O)CCCNC(=O)c1ccc2c(c1)C(=O)c1ccccc1-2. The van der Waals surface area contributed by atoms with E-state index >= 15 is 0 Å². The van der Waals surface area contributed by atoms with Gasteiger partial charge >= 0.3 is 0 Å². The van der Waals surface area contributed by atoms with Crippen molar-refractivity contribution in [1.29, 1.82) is 0 Å². The third kappa shape index (κ3) is 3.77. The molecule has 1 aliphatic carbocycles. The van der Waals surface area contributed by atoms with Crippen molar-refractivity contribution < 1.29 is 14.4 Å². The summed E-state index contributed by atoms with van der Waals surface area (Å²) in [5, 5.41) is 2.84. The first kappa shape index (κ1) is 18.8. The first-order valence-electron chi connectivity index (χ1n) is 9.41. The highest BCUT2D eigenvalue weighted by Gasteiger charge is 2.26. The molecule has 0 unspecified atom stereocenters. The van der Waals surface area contributed by atoms with Gasteiger partial charge in [0.15, 0.2) is 5.78 Å². The molecule has 2 amide bonds. The molecule has 5 nitrogen and oxygen atoms in total. The predicted octanol–water partition coefficient (Wildman–Crippen LogP) is 3.28. The monoisotopic (exact) mass is 364 g/mol. The molecule has 0 saturated carbocycles. The molecule has 0 saturated heterocycles. The molecule has 140 valence electrons. The number of nitrogens with one attached hydrogen (secondary N) is 1. The van der Waals surface area contributed by atoms with E-state index in [4.69, 9.17) is 0 Å². The van der Waals surface area contributed by atoms with Gasteiger partial charge in [-0.05, 0) is 43.5 Å². The second-order valence-corrected chi connectivity index (χ2v) is 6.56. The van der Waals surface area contributed by atoms with Crippen LogP contribution in [-0.2, 0) is 4.79 Å². The van der Waals surface area contributed by atoms with Gasteiger partial charge in [0.1, 0.15) is 0 Å². The molecule has 5 heteroatoms. The van der Waals surface area contributed by atoms with Gasteiger partial charge < -0.3 is 10.2 Å². The number of rotatable bonds is 7. The summed E-state index contributed by atoms with van der Waals surface area (Å²) in [4.78, 5) is 38.7. The zero-order valence-electron chi connectivity index (χ0n) is 15.7. The van der Waals surface area contributed by atoms with E-state index in [0.29, 0.717) is 49.2 Å². The van der Waals surface area contributed by atoms with E-state index < -0.39 is 0 Å². The number of amides is 2. The van der Waals surface area contributed by atoms with Crippen molar-refractivity contribution in [2.24, 2.45) is 0 Å². The fraction of sp³-hybridized carbons (Fsp3) is 0.318. The van der Waals surface area contributed by atoms with Crippen LogP contribution in [0, 0.1) is 0 Å². The topological polar surface area (TPSA) is 66.5 Å². The molecule has 3 rings (SSSR count). The third-order valence-electron chi connectivity index (χ3n) is 4.96. The van der Waals surface area contributed by atoms with Crippen LogP contribution in [0.25, 0.3) is 11.1 Å². The summed E-state index contributed by atoms with van der Waals surface area (Å²) in [7, 11) is 0. The fourth-order valence-corrected chi connectivity index (χ4v) is 3.45. The molecule has 0 atom stereocenters. The van der Waals surface area contributed by atoms with Crippen LogP contribution in [0.15, 0.2) is 42.5 Å². The Hall–Kier alpha value is -2.95. The summed E-state index contributed by atoms with van der Waals surface area (Å²) in [6.45, 7) is 5.74. The Kier molecular flexibility index (Phi) is 5.69. The number of hydrogen-bond acceptors (Lipinski definition) is 3. The molecule has 1 aliphatic rings. The number of carbonyl (C=O) groups is 3. The van der Waals surface area contributed by atoms with Crippen LogP contribution in [0.2, 0.25) is 0 Å². The summed E-state index contributed by atoms with van der Waals surface area (Å²) >= 11 is 0. The number of hydrogen-bond donors (Lipinski definition) is 1. The first-order chi connectivity index (χ1) is 13.1. The smallest absolute Gasteiger partial charge is 0.251 e. The van der Waals surface area contributed by atoms with Gasteiger partial charge in [-0.3, -0.25) is 14.4 Å². The van der Waals surface area contributed by atoms with Crippen LogP contribution in [0.5, 0.6) is 0 Å². The molecule has 0 aromatic heterocycles. The summed E-state index contributed by atoms with van der Waals surface area (Å²) in [5.41, 5.74) is 3.50. The molecule has 0 aliphatic heterocycles. The lowest BCUT2D eigenvalue weighted by Gasteiger charge is -2.18. The van der Waals surface area contributed by atoms with E-state index in [0.717, 1.165) is 11.1 Å². The molecule has 0 radical (unpaired) electrons. The van der Waals surface area contributed by atoms with Crippen molar-refractivity contribution in [1.82, 2.24) is 10.2 Å². The minimum atomic E-state index is -0.225. The quantitative estimate of drug-likeness (QED) is 0.654. The number of benzene rings is 2. The van der Waals surface area contributed by atoms with Crippen LogP contribution < -0.4 is 5.32 Å². The van der Waals surface area contributed by atoms with Gasteiger partial charge in [0.2, 0.25) is 5.91 Å². The highest BCUT2D eigenvalue weighted by molar-refractivity contribution is 6.22. The minimum absolute atomic E-state index is 0.0416. The zero-order valence-corrected chi connectivity index (χ0v) is 15.7. The Morgan fingerprint density at radius 1 is 0.926 bits per heavy atom. The van der Waals surface area contributed by atoms with Gasteiger partial charge in [0.05, 0.1) is 0 Å². The lowest BCUT2D eigenvalue weighted by atomic mass is 10.0. The Morgan fingerprint density at radius 3 is 2.30 bits per heavy atom. The normalized spacial score (nSPS) is 11.7. The van der Waals surface area contributed by atoms with Gasteiger partial charge in [-0.2, -0.15) is 0 Å². The van der Waals surface area contributed by atoms with Crippen molar-refractivity contribution in [3.63, 3.8) is 0 Å². The molecule has 2 aromatic rings. The molecular weight excluding hydrogens is 340 g/mol.